The molecule has 0 fully saturated rings. The van der Waals surface area contributed by atoms with E-state index in [1.807, 2.05) is 67.6 Å². The number of benzene rings is 3. The molecule has 1 aliphatic rings. The monoisotopic (exact) mass is 412 g/mol. The Hall–Kier alpha value is -4.19. The van der Waals surface area contributed by atoms with Gasteiger partial charge in [0.25, 0.3) is 5.91 Å². The molecule has 3 aromatic rings. The molecule has 1 aliphatic heterocycles. The molecule has 0 aliphatic carbocycles. The van der Waals surface area contributed by atoms with Crippen molar-refractivity contribution in [3.8, 4) is 5.75 Å². The number of carboxylic acids is 1. The number of hydrogen-bond donors (Lipinski definition) is 1. The molecule has 154 valence electrons. The summed E-state index contributed by atoms with van der Waals surface area (Å²) >= 11 is 0. The molecule has 0 saturated heterocycles. The summed E-state index contributed by atoms with van der Waals surface area (Å²) in [4.78, 5) is 23.7. The summed E-state index contributed by atoms with van der Waals surface area (Å²) in [5.41, 5.74) is 3.93. The quantitative estimate of drug-likeness (QED) is 0.592. The molecule has 0 unspecified atom stereocenters. The first kappa shape index (κ1) is 20.1. The number of hydrogen-bond acceptors (Lipinski definition) is 4. The van der Waals surface area contributed by atoms with E-state index in [2.05, 4.69) is 5.10 Å². The average Bonchev–Trinajstić information content (AvgIpc) is 3.08. The second-order valence-corrected chi connectivity index (χ2v) is 7.06. The third-order valence-corrected chi connectivity index (χ3v) is 4.86. The minimum absolute atomic E-state index is 0.158. The second kappa shape index (κ2) is 8.67. The van der Waals surface area contributed by atoms with Crippen molar-refractivity contribution in [2.75, 3.05) is 5.01 Å². The Morgan fingerprint density at radius 2 is 1.68 bits per heavy atom. The number of carboxylic acid groups (broad SMARTS) is 1. The highest BCUT2D eigenvalue weighted by atomic mass is 16.5. The van der Waals surface area contributed by atoms with Crippen LogP contribution in [0.25, 0.3) is 6.08 Å². The number of ether oxygens (including phenoxy) is 1. The van der Waals surface area contributed by atoms with Gasteiger partial charge in [-0.2, -0.15) is 10.1 Å². The van der Waals surface area contributed by atoms with Gasteiger partial charge >= 0.3 is 5.97 Å². The first-order valence-corrected chi connectivity index (χ1v) is 9.73. The number of para-hydroxylation sites is 1. The van der Waals surface area contributed by atoms with Gasteiger partial charge in [0, 0.05) is 0 Å². The van der Waals surface area contributed by atoms with Gasteiger partial charge in [0.15, 0.2) is 0 Å². The summed E-state index contributed by atoms with van der Waals surface area (Å²) < 4.78 is 5.77. The van der Waals surface area contributed by atoms with Gasteiger partial charge in [0.05, 0.1) is 22.5 Å². The molecule has 1 N–H and O–H groups in total. The lowest BCUT2D eigenvalue weighted by atomic mass is 10.1. The predicted octanol–water partition coefficient (Wildman–Crippen LogP) is 4.77. The standard InChI is InChI=1S/C25H20N2O4/c1-17-23(24(28)27(26-17)21-5-3-2-4-6-21)15-18-9-13-22(14-10-18)31-16-19-7-11-20(12-8-19)25(29)30/h2-15H,16H2,1H3,(H,29,30)/b23-15+. The minimum atomic E-state index is -0.954. The summed E-state index contributed by atoms with van der Waals surface area (Å²) in [6, 6.07) is 23.3. The van der Waals surface area contributed by atoms with E-state index < -0.39 is 5.97 Å². The van der Waals surface area contributed by atoms with Gasteiger partial charge in [-0.3, -0.25) is 4.79 Å². The van der Waals surface area contributed by atoms with E-state index in [-0.39, 0.29) is 11.5 Å². The van der Waals surface area contributed by atoms with Crippen molar-refractivity contribution in [1.29, 1.82) is 0 Å². The number of anilines is 1. The lowest BCUT2D eigenvalue weighted by molar-refractivity contribution is -0.114. The molecule has 0 aromatic heterocycles. The lowest BCUT2D eigenvalue weighted by Crippen LogP contribution is -2.21. The number of nitrogens with zero attached hydrogens (tertiary/aromatic N) is 2. The Kier molecular flexibility index (Phi) is 5.62. The lowest BCUT2D eigenvalue weighted by Gasteiger charge is -2.11. The van der Waals surface area contributed by atoms with E-state index in [9.17, 15) is 9.59 Å². The van der Waals surface area contributed by atoms with Crippen LogP contribution in [0.15, 0.2) is 89.5 Å². The maximum absolute atomic E-state index is 12.8. The van der Waals surface area contributed by atoms with Crippen molar-refractivity contribution in [2.24, 2.45) is 5.10 Å². The zero-order valence-electron chi connectivity index (χ0n) is 16.9. The number of rotatable bonds is 6. The van der Waals surface area contributed by atoms with Crippen molar-refractivity contribution in [3.63, 3.8) is 0 Å². The minimum Gasteiger partial charge on any atom is -0.489 e. The highest BCUT2D eigenvalue weighted by Crippen LogP contribution is 2.25. The van der Waals surface area contributed by atoms with E-state index in [1.165, 1.54) is 5.01 Å². The summed E-state index contributed by atoms with van der Waals surface area (Å²) in [6.45, 7) is 2.15. The molecular formula is C25H20N2O4. The predicted molar refractivity (Wildman–Crippen MR) is 119 cm³/mol. The molecule has 1 amide bonds. The van der Waals surface area contributed by atoms with Crippen molar-refractivity contribution in [1.82, 2.24) is 0 Å². The van der Waals surface area contributed by atoms with Crippen LogP contribution < -0.4 is 9.75 Å². The highest BCUT2D eigenvalue weighted by molar-refractivity contribution is 6.32. The van der Waals surface area contributed by atoms with E-state index in [4.69, 9.17) is 9.84 Å². The van der Waals surface area contributed by atoms with E-state index >= 15 is 0 Å². The molecule has 0 bridgehead atoms. The fourth-order valence-electron chi connectivity index (χ4n) is 3.17. The fraction of sp³-hybridized carbons (Fsp3) is 0.0800. The van der Waals surface area contributed by atoms with Gasteiger partial charge in [-0.15, -0.1) is 0 Å². The van der Waals surface area contributed by atoms with Crippen LogP contribution in [0.1, 0.15) is 28.4 Å². The zero-order chi connectivity index (χ0) is 21.8. The Morgan fingerprint density at radius 1 is 1.00 bits per heavy atom. The largest absolute Gasteiger partial charge is 0.489 e. The smallest absolute Gasteiger partial charge is 0.335 e. The summed E-state index contributed by atoms with van der Waals surface area (Å²) in [5.74, 6) is -0.433. The number of hydrazone groups is 1. The first-order chi connectivity index (χ1) is 15.0. The van der Waals surface area contributed by atoms with Gasteiger partial charge in [-0.25, -0.2) is 4.79 Å². The van der Waals surface area contributed by atoms with Crippen molar-refractivity contribution in [2.45, 2.75) is 13.5 Å². The van der Waals surface area contributed by atoms with Crippen LogP contribution in [-0.2, 0) is 11.4 Å². The fourth-order valence-corrected chi connectivity index (χ4v) is 3.17. The molecule has 0 radical (unpaired) electrons. The Labute approximate surface area is 179 Å². The van der Waals surface area contributed by atoms with Gasteiger partial charge < -0.3 is 9.84 Å². The van der Waals surface area contributed by atoms with Crippen LogP contribution in [0.2, 0.25) is 0 Å². The summed E-state index contributed by atoms with van der Waals surface area (Å²) in [5, 5.41) is 14.7. The molecule has 0 spiro atoms. The molecule has 3 aromatic carbocycles. The molecule has 4 rings (SSSR count). The number of aromatic carboxylic acids is 1. The van der Waals surface area contributed by atoms with Crippen molar-refractivity contribution in [3.05, 3.63) is 101 Å². The zero-order valence-corrected chi connectivity index (χ0v) is 16.9. The van der Waals surface area contributed by atoms with Crippen LogP contribution >= 0.6 is 0 Å². The number of carbonyl (C=O) groups excluding carboxylic acids is 1. The van der Waals surface area contributed by atoms with Crippen molar-refractivity contribution < 1.29 is 19.4 Å². The van der Waals surface area contributed by atoms with E-state index in [0.29, 0.717) is 23.6 Å². The molecule has 0 atom stereocenters. The first-order valence-electron chi connectivity index (χ1n) is 9.73. The SMILES string of the molecule is CC1=NN(c2ccccc2)C(=O)/C1=C/c1ccc(OCc2ccc(C(=O)O)cc2)cc1. The van der Waals surface area contributed by atoms with Gasteiger partial charge in [-0.1, -0.05) is 42.5 Å². The number of carbonyl (C=O) groups is 2. The Bertz CT molecular complexity index is 1160. The topological polar surface area (TPSA) is 79.2 Å². The average molecular weight is 412 g/mol. The maximum Gasteiger partial charge on any atom is 0.335 e. The van der Waals surface area contributed by atoms with Crippen LogP contribution in [-0.4, -0.2) is 22.7 Å². The maximum atomic E-state index is 12.8. The summed E-state index contributed by atoms with van der Waals surface area (Å²) in [7, 11) is 0. The Morgan fingerprint density at radius 3 is 2.32 bits per heavy atom. The highest BCUT2D eigenvalue weighted by Gasteiger charge is 2.28. The molecule has 1 heterocycles. The van der Waals surface area contributed by atoms with E-state index in [0.717, 1.165) is 16.8 Å². The van der Waals surface area contributed by atoms with Gasteiger partial charge in [0.1, 0.15) is 12.4 Å². The second-order valence-electron chi connectivity index (χ2n) is 7.06. The summed E-state index contributed by atoms with van der Waals surface area (Å²) in [6.07, 6.45) is 1.82. The van der Waals surface area contributed by atoms with Crippen LogP contribution in [0.4, 0.5) is 5.69 Å². The van der Waals surface area contributed by atoms with Crippen LogP contribution in [0.5, 0.6) is 5.75 Å². The normalized spacial score (nSPS) is 14.6. The third-order valence-electron chi connectivity index (χ3n) is 4.86. The molecule has 31 heavy (non-hydrogen) atoms. The van der Waals surface area contributed by atoms with Crippen molar-refractivity contribution >= 4 is 29.4 Å². The molecule has 6 heteroatoms. The molecular weight excluding hydrogens is 392 g/mol. The number of amides is 1. The molecule has 0 saturated carbocycles. The van der Waals surface area contributed by atoms with Crippen LogP contribution in [0, 0.1) is 0 Å². The van der Waals surface area contributed by atoms with E-state index in [1.54, 1.807) is 24.3 Å². The van der Waals surface area contributed by atoms with Gasteiger partial charge in [-0.05, 0) is 60.5 Å². The van der Waals surface area contributed by atoms with Gasteiger partial charge in [0.2, 0.25) is 0 Å². The van der Waals surface area contributed by atoms with Crippen LogP contribution in [0.3, 0.4) is 0 Å². The molecule has 6 nitrogen and oxygen atoms in total. The third kappa shape index (κ3) is 4.53. The Balaban J connectivity index is 1.42.